The van der Waals surface area contributed by atoms with Crippen LogP contribution in [0.3, 0.4) is 0 Å². The van der Waals surface area contributed by atoms with Crippen LogP contribution in [0.2, 0.25) is 0 Å². The van der Waals surface area contributed by atoms with E-state index >= 15 is 0 Å². The summed E-state index contributed by atoms with van der Waals surface area (Å²) >= 11 is 2.14. The minimum Gasteiger partial charge on any atom is -0.496 e. The van der Waals surface area contributed by atoms with Crippen molar-refractivity contribution in [2.45, 2.75) is 17.4 Å². The van der Waals surface area contributed by atoms with E-state index in [1.807, 2.05) is 14.1 Å². The van der Waals surface area contributed by atoms with Crippen LogP contribution in [0.15, 0.2) is 41.3 Å². The lowest BCUT2D eigenvalue weighted by Gasteiger charge is -2.32. The maximum absolute atomic E-state index is 12.7. The minimum atomic E-state index is -3.70. The second-order valence-corrected chi connectivity index (χ2v) is 9.24. The van der Waals surface area contributed by atoms with Crippen LogP contribution >= 0.6 is 22.6 Å². The molecular weight excluding hydrogens is 467 g/mol. The first-order chi connectivity index (χ1) is 12.3. The van der Waals surface area contributed by atoms with Crippen LogP contribution in [0.5, 0.6) is 11.5 Å². The highest BCUT2D eigenvalue weighted by molar-refractivity contribution is 14.1. The Morgan fingerprint density at radius 3 is 2.50 bits per heavy atom. The summed E-state index contributed by atoms with van der Waals surface area (Å²) in [6.45, 7) is 0.491. The Morgan fingerprint density at radius 2 is 1.88 bits per heavy atom. The quantitative estimate of drug-likeness (QED) is 0.656. The maximum Gasteiger partial charge on any atom is 0.262 e. The standard InChI is InChI=1S/C18H21IN2O4S/c1-21(2)13-10-15-17(24-3)9-8-16(18(15)25-11-13)20-26(22,23)14-6-4-12(19)5-7-14/h4-9,13,20H,10-11H2,1-3H3/t13-/m1/s1. The lowest BCUT2D eigenvalue weighted by atomic mass is 10.00. The summed E-state index contributed by atoms with van der Waals surface area (Å²) in [6.07, 6.45) is 0.727. The highest BCUT2D eigenvalue weighted by Crippen LogP contribution is 2.40. The number of anilines is 1. The van der Waals surface area contributed by atoms with Crippen molar-refractivity contribution in [3.05, 3.63) is 45.5 Å². The summed E-state index contributed by atoms with van der Waals surface area (Å²) in [6, 6.07) is 10.4. The molecule has 1 atom stereocenters. The molecule has 1 N–H and O–H groups in total. The Bertz CT molecular complexity index is 898. The molecule has 1 heterocycles. The average Bonchev–Trinajstić information content (AvgIpc) is 2.61. The predicted molar refractivity (Wildman–Crippen MR) is 110 cm³/mol. The molecule has 0 fully saturated rings. The molecule has 0 aromatic heterocycles. The topological polar surface area (TPSA) is 67.9 Å². The maximum atomic E-state index is 12.7. The fourth-order valence-corrected chi connectivity index (χ4v) is 4.28. The number of ether oxygens (including phenoxy) is 2. The molecule has 0 saturated carbocycles. The molecule has 0 radical (unpaired) electrons. The summed E-state index contributed by atoms with van der Waals surface area (Å²) in [7, 11) is 1.89. The van der Waals surface area contributed by atoms with Gasteiger partial charge in [-0.15, -0.1) is 0 Å². The van der Waals surface area contributed by atoms with E-state index in [4.69, 9.17) is 9.47 Å². The molecule has 8 heteroatoms. The molecule has 1 aliphatic rings. The van der Waals surface area contributed by atoms with Gasteiger partial charge in [-0.1, -0.05) is 0 Å². The molecular formula is C18H21IN2O4S. The molecule has 0 unspecified atom stereocenters. The van der Waals surface area contributed by atoms with Gasteiger partial charge in [-0.05, 0) is 79.5 Å². The van der Waals surface area contributed by atoms with E-state index in [-0.39, 0.29) is 10.9 Å². The van der Waals surface area contributed by atoms with Crippen LogP contribution in [0.25, 0.3) is 0 Å². The third kappa shape index (κ3) is 3.91. The van der Waals surface area contributed by atoms with Crippen molar-refractivity contribution in [1.82, 2.24) is 4.90 Å². The average molecular weight is 488 g/mol. The fraction of sp³-hybridized carbons (Fsp3) is 0.333. The Kier molecular flexibility index (Phi) is 5.64. The minimum absolute atomic E-state index is 0.208. The molecule has 140 valence electrons. The molecule has 0 spiro atoms. The van der Waals surface area contributed by atoms with Crippen molar-refractivity contribution in [3.63, 3.8) is 0 Å². The van der Waals surface area contributed by atoms with E-state index in [2.05, 4.69) is 32.2 Å². The monoisotopic (exact) mass is 488 g/mol. The first-order valence-corrected chi connectivity index (χ1v) is 10.7. The number of likely N-dealkylation sites (N-methyl/N-ethyl adjacent to an activating group) is 1. The Hall–Kier alpha value is -1.52. The number of halogens is 1. The highest BCUT2D eigenvalue weighted by atomic mass is 127. The zero-order chi connectivity index (χ0) is 18.9. The molecule has 0 amide bonds. The molecule has 1 aliphatic heterocycles. The lowest BCUT2D eigenvalue weighted by Crippen LogP contribution is -2.38. The van der Waals surface area contributed by atoms with Crippen LogP contribution in [-0.2, 0) is 16.4 Å². The van der Waals surface area contributed by atoms with Crippen molar-refractivity contribution < 1.29 is 17.9 Å². The molecule has 0 bridgehead atoms. The van der Waals surface area contributed by atoms with Gasteiger partial charge >= 0.3 is 0 Å². The first kappa shape index (κ1) is 19.2. The molecule has 26 heavy (non-hydrogen) atoms. The Morgan fingerprint density at radius 1 is 1.19 bits per heavy atom. The molecule has 2 aromatic carbocycles. The van der Waals surface area contributed by atoms with Gasteiger partial charge in [-0.2, -0.15) is 0 Å². The van der Waals surface area contributed by atoms with Crippen LogP contribution in [-0.4, -0.2) is 47.2 Å². The summed E-state index contributed by atoms with van der Waals surface area (Å²) in [4.78, 5) is 2.30. The molecule has 3 rings (SSSR count). The largest absolute Gasteiger partial charge is 0.496 e. The van der Waals surface area contributed by atoms with Gasteiger partial charge in [0.05, 0.1) is 17.7 Å². The van der Waals surface area contributed by atoms with Crippen LogP contribution in [0, 0.1) is 3.57 Å². The highest BCUT2D eigenvalue weighted by Gasteiger charge is 2.28. The lowest BCUT2D eigenvalue weighted by molar-refractivity contribution is 0.164. The second-order valence-electron chi connectivity index (χ2n) is 6.32. The zero-order valence-electron chi connectivity index (χ0n) is 14.8. The summed E-state index contributed by atoms with van der Waals surface area (Å²) in [5, 5.41) is 0. The summed E-state index contributed by atoms with van der Waals surface area (Å²) < 4.78 is 40.4. The van der Waals surface area contributed by atoms with Gasteiger partial charge in [-0.3, -0.25) is 4.72 Å². The number of rotatable bonds is 5. The normalized spacial score (nSPS) is 16.7. The van der Waals surface area contributed by atoms with Crippen molar-refractivity contribution in [3.8, 4) is 11.5 Å². The van der Waals surface area contributed by atoms with E-state index in [1.165, 1.54) is 0 Å². The molecule has 0 aliphatic carbocycles. The van der Waals surface area contributed by atoms with Crippen molar-refractivity contribution >= 4 is 38.3 Å². The van der Waals surface area contributed by atoms with E-state index < -0.39 is 10.0 Å². The SMILES string of the molecule is COc1ccc(NS(=O)(=O)c2ccc(I)cc2)c2c1C[C@@H](N(C)C)CO2. The summed E-state index contributed by atoms with van der Waals surface area (Å²) in [5.41, 5.74) is 1.30. The van der Waals surface area contributed by atoms with E-state index in [0.717, 1.165) is 15.6 Å². The number of nitrogens with zero attached hydrogens (tertiary/aromatic N) is 1. The van der Waals surface area contributed by atoms with Crippen LogP contribution in [0.1, 0.15) is 5.56 Å². The molecule has 2 aromatic rings. The number of benzene rings is 2. The smallest absolute Gasteiger partial charge is 0.262 e. The van der Waals surface area contributed by atoms with Crippen LogP contribution in [0.4, 0.5) is 5.69 Å². The van der Waals surface area contributed by atoms with Gasteiger partial charge in [0, 0.05) is 15.2 Å². The van der Waals surface area contributed by atoms with Gasteiger partial charge in [0.2, 0.25) is 0 Å². The molecule has 0 saturated heterocycles. The van der Waals surface area contributed by atoms with Gasteiger partial charge < -0.3 is 14.4 Å². The van der Waals surface area contributed by atoms with E-state index in [0.29, 0.717) is 23.8 Å². The van der Waals surface area contributed by atoms with E-state index in [1.54, 1.807) is 43.5 Å². The second kappa shape index (κ2) is 7.61. The third-order valence-electron chi connectivity index (χ3n) is 4.40. The van der Waals surface area contributed by atoms with Crippen molar-refractivity contribution in [2.75, 3.05) is 32.5 Å². The van der Waals surface area contributed by atoms with Gasteiger partial charge in [0.25, 0.3) is 10.0 Å². The number of nitrogens with one attached hydrogen (secondary N) is 1. The Balaban J connectivity index is 1.97. The number of hydrogen-bond donors (Lipinski definition) is 1. The van der Waals surface area contributed by atoms with Gasteiger partial charge in [-0.25, -0.2) is 8.42 Å². The molecule has 6 nitrogen and oxygen atoms in total. The number of hydrogen-bond acceptors (Lipinski definition) is 5. The van der Waals surface area contributed by atoms with Gasteiger partial charge in [0.1, 0.15) is 18.1 Å². The summed E-state index contributed by atoms with van der Waals surface area (Å²) in [5.74, 6) is 1.24. The number of sulfonamides is 1. The van der Waals surface area contributed by atoms with Crippen molar-refractivity contribution in [1.29, 1.82) is 0 Å². The first-order valence-electron chi connectivity index (χ1n) is 8.09. The number of methoxy groups -OCH3 is 1. The van der Waals surface area contributed by atoms with Crippen LogP contribution < -0.4 is 14.2 Å². The fourth-order valence-electron chi connectivity index (χ4n) is 2.86. The van der Waals surface area contributed by atoms with E-state index in [9.17, 15) is 8.42 Å². The Labute approximate surface area is 167 Å². The van der Waals surface area contributed by atoms with Crippen molar-refractivity contribution in [2.24, 2.45) is 0 Å². The van der Waals surface area contributed by atoms with Gasteiger partial charge in [0.15, 0.2) is 0 Å². The number of fused-ring (bicyclic) bond motifs is 1. The zero-order valence-corrected chi connectivity index (χ0v) is 17.8. The predicted octanol–water partition coefficient (Wildman–Crippen LogP) is 2.97. The third-order valence-corrected chi connectivity index (χ3v) is 6.50.